The molecule has 4 nitrogen and oxygen atoms in total. The van der Waals surface area contributed by atoms with E-state index < -0.39 is 5.16 Å². The zero-order valence-electron chi connectivity index (χ0n) is 14.3. The van der Waals surface area contributed by atoms with E-state index in [2.05, 4.69) is 0 Å². The SMILES string of the molecule is O=PC(C12CCCCC1O2)(C12CCCCC1O2)C12CCCCC1O2. The van der Waals surface area contributed by atoms with Crippen LogP contribution in [-0.4, -0.2) is 40.3 Å². The lowest BCUT2D eigenvalue weighted by Gasteiger charge is -2.46. The van der Waals surface area contributed by atoms with Gasteiger partial charge in [0.15, 0.2) is 8.46 Å². The Morgan fingerprint density at radius 1 is 0.667 bits per heavy atom. The predicted octanol–water partition coefficient (Wildman–Crippen LogP) is 4.15. The van der Waals surface area contributed by atoms with Gasteiger partial charge in [0.2, 0.25) is 0 Å². The molecule has 0 N–H and O–H groups in total. The van der Waals surface area contributed by atoms with Crippen molar-refractivity contribution in [3.8, 4) is 0 Å². The van der Waals surface area contributed by atoms with Crippen LogP contribution in [0.4, 0.5) is 0 Å². The second kappa shape index (κ2) is 4.63. The molecule has 24 heavy (non-hydrogen) atoms. The number of hydrogen-bond acceptors (Lipinski definition) is 4. The summed E-state index contributed by atoms with van der Waals surface area (Å²) in [5, 5.41) is -0.464. The molecule has 0 bridgehead atoms. The van der Waals surface area contributed by atoms with Gasteiger partial charge in [-0.3, -0.25) is 4.57 Å². The molecule has 6 unspecified atom stereocenters. The summed E-state index contributed by atoms with van der Waals surface area (Å²) in [6.07, 6.45) is 14.7. The highest BCUT2D eigenvalue weighted by Gasteiger charge is 2.92. The van der Waals surface area contributed by atoms with E-state index >= 15 is 0 Å². The van der Waals surface area contributed by atoms with E-state index in [1.165, 1.54) is 38.5 Å². The molecule has 0 aromatic rings. The lowest BCUT2D eigenvalue weighted by molar-refractivity contribution is 0.0525. The minimum atomic E-state index is -0.464. The average molecular weight is 350 g/mol. The van der Waals surface area contributed by atoms with Gasteiger partial charge in [-0.25, -0.2) is 0 Å². The van der Waals surface area contributed by atoms with Crippen molar-refractivity contribution in [1.82, 2.24) is 0 Å². The van der Waals surface area contributed by atoms with Crippen molar-refractivity contribution in [3.63, 3.8) is 0 Å². The molecule has 6 aliphatic rings. The van der Waals surface area contributed by atoms with Crippen LogP contribution in [0.15, 0.2) is 0 Å². The fourth-order valence-electron chi connectivity index (χ4n) is 7.15. The van der Waals surface area contributed by atoms with E-state index in [1.54, 1.807) is 0 Å². The number of hydrogen-bond donors (Lipinski definition) is 0. The third kappa shape index (κ3) is 1.48. The third-order valence-electron chi connectivity index (χ3n) is 8.21. The molecule has 6 rings (SSSR count). The molecule has 132 valence electrons. The maximum absolute atomic E-state index is 13.1. The molecule has 3 saturated heterocycles. The lowest BCUT2D eigenvalue weighted by Crippen LogP contribution is -2.65. The molecule has 0 aromatic carbocycles. The molecule has 6 fully saturated rings. The van der Waals surface area contributed by atoms with Crippen LogP contribution in [0.3, 0.4) is 0 Å². The highest BCUT2D eigenvalue weighted by Crippen LogP contribution is 2.78. The van der Waals surface area contributed by atoms with Crippen molar-refractivity contribution in [3.05, 3.63) is 0 Å². The van der Waals surface area contributed by atoms with Gasteiger partial charge in [-0.2, -0.15) is 0 Å². The van der Waals surface area contributed by atoms with E-state index in [4.69, 9.17) is 14.2 Å². The van der Waals surface area contributed by atoms with E-state index in [0.717, 1.165) is 38.5 Å². The second-order valence-corrected chi connectivity index (χ2v) is 9.88. The lowest BCUT2D eigenvalue weighted by atomic mass is 9.60. The van der Waals surface area contributed by atoms with Crippen molar-refractivity contribution in [2.24, 2.45) is 0 Å². The minimum absolute atomic E-state index is 0.229. The van der Waals surface area contributed by atoms with Crippen LogP contribution >= 0.6 is 8.46 Å². The Morgan fingerprint density at radius 2 is 1.04 bits per heavy atom. The number of ether oxygens (including phenoxy) is 3. The fraction of sp³-hybridized carbons (Fsp3) is 1.00. The molecule has 3 aliphatic heterocycles. The Kier molecular flexibility index (Phi) is 2.91. The highest BCUT2D eigenvalue weighted by molar-refractivity contribution is 7.26. The molecule has 0 aromatic heterocycles. The molecule has 0 spiro atoms. The number of rotatable bonds is 4. The molecule has 6 atom stereocenters. The molecule has 3 heterocycles. The summed E-state index contributed by atoms with van der Waals surface area (Å²) in [5.41, 5.74) is -0.730. The van der Waals surface area contributed by atoms with E-state index in [9.17, 15) is 4.57 Å². The summed E-state index contributed by atoms with van der Waals surface area (Å²) in [6.45, 7) is 0. The molecule has 3 saturated carbocycles. The number of fused-ring (bicyclic) bond motifs is 3. The first-order chi connectivity index (χ1) is 11.7. The van der Waals surface area contributed by atoms with Crippen molar-refractivity contribution in [2.45, 2.75) is 117 Å². The largest absolute Gasteiger partial charge is 0.364 e. The second-order valence-electron chi connectivity index (χ2n) is 9.03. The predicted molar refractivity (Wildman–Crippen MR) is 88.6 cm³/mol. The smallest absolute Gasteiger partial charge is 0.171 e. The van der Waals surface area contributed by atoms with Gasteiger partial charge in [-0.05, 0) is 38.5 Å². The molecule has 0 amide bonds. The zero-order valence-corrected chi connectivity index (χ0v) is 15.2. The Hall–Kier alpha value is -0.0200. The summed E-state index contributed by atoms with van der Waals surface area (Å²) >= 11 is 0. The van der Waals surface area contributed by atoms with E-state index in [0.29, 0.717) is 0 Å². The van der Waals surface area contributed by atoms with Gasteiger partial charge in [0.05, 0.1) is 18.3 Å². The summed E-state index contributed by atoms with van der Waals surface area (Å²) in [7, 11) is 0.229. The van der Waals surface area contributed by atoms with Crippen molar-refractivity contribution >= 4 is 8.46 Å². The minimum Gasteiger partial charge on any atom is -0.364 e. The van der Waals surface area contributed by atoms with Crippen LogP contribution in [-0.2, 0) is 18.8 Å². The summed E-state index contributed by atoms with van der Waals surface area (Å²) in [6, 6.07) is 0. The Labute approximate surface area is 145 Å². The van der Waals surface area contributed by atoms with Crippen molar-refractivity contribution in [2.75, 3.05) is 0 Å². The normalized spacial score (nSPS) is 57.2. The summed E-state index contributed by atoms with van der Waals surface area (Å²) in [5.74, 6) is 0. The molecule has 0 radical (unpaired) electrons. The van der Waals surface area contributed by atoms with Gasteiger partial charge < -0.3 is 14.2 Å². The molecular weight excluding hydrogens is 323 g/mol. The number of epoxide rings is 3. The van der Waals surface area contributed by atoms with Crippen LogP contribution < -0.4 is 0 Å². The first-order valence-corrected chi connectivity index (χ1v) is 10.9. The molecule has 3 aliphatic carbocycles. The van der Waals surface area contributed by atoms with Gasteiger partial charge in [0, 0.05) is 0 Å². The standard InChI is InChI=1S/C19H27O4P/c20-24-19(16-10-4-1-7-13(16)21-16,17-11-5-2-8-14(17)22-17)18-12-6-3-9-15(18)23-18/h13-15H,1-12H2. The van der Waals surface area contributed by atoms with Crippen LogP contribution in [0, 0.1) is 0 Å². The Balaban J connectivity index is 1.51. The first kappa shape index (κ1) is 15.1. The topological polar surface area (TPSA) is 54.7 Å². The maximum atomic E-state index is 13.1. The third-order valence-corrected chi connectivity index (χ3v) is 9.62. The van der Waals surface area contributed by atoms with E-state index in [1.807, 2.05) is 0 Å². The summed E-state index contributed by atoms with van der Waals surface area (Å²) in [4.78, 5) is 0. The van der Waals surface area contributed by atoms with Gasteiger partial charge in [0.25, 0.3) is 0 Å². The van der Waals surface area contributed by atoms with Gasteiger partial charge in [0.1, 0.15) is 22.0 Å². The van der Waals surface area contributed by atoms with Crippen LogP contribution in [0.2, 0.25) is 0 Å². The van der Waals surface area contributed by atoms with Crippen LogP contribution in [0.1, 0.15) is 77.0 Å². The Morgan fingerprint density at radius 3 is 1.33 bits per heavy atom. The van der Waals surface area contributed by atoms with Crippen LogP contribution in [0.5, 0.6) is 0 Å². The zero-order chi connectivity index (χ0) is 16.0. The first-order valence-electron chi connectivity index (χ1n) is 10.1. The Bertz CT molecular complexity index is 522. The monoisotopic (exact) mass is 350 g/mol. The van der Waals surface area contributed by atoms with Crippen molar-refractivity contribution in [1.29, 1.82) is 0 Å². The van der Waals surface area contributed by atoms with Crippen molar-refractivity contribution < 1.29 is 18.8 Å². The fourth-order valence-corrected chi connectivity index (χ4v) is 8.54. The molecule has 5 heteroatoms. The maximum Gasteiger partial charge on any atom is 0.171 e. The van der Waals surface area contributed by atoms with Gasteiger partial charge >= 0.3 is 0 Å². The van der Waals surface area contributed by atoms with Crippen LogP contribution in [0.25, 0.3) is 0 Å². The van der Waals surface area contributed by atoms with Gasteiger partial charge in [-0.1, -0.05) is 38.5 Å². The van der Waals surface area contributed by atoms with Gasteiger partial charge in [-0.15, -0.1) is 0 Å². The highest BCUT2D eigenvalue weighted by atomic mass is 31.1. The average Bonchev–Trinajstić information content (AvgIpc) is 3.51. The quantitative estimate of drug-likeness (QED) is 0.564. The summed E-state index contributed by atoms with van der Waals surface area (Å²) < 4.78 is 32.4. The van der Waals surface area contributed by atoms with E-state index in [-0.39, 0.29) is 43.6 Å². The molecular formula is C19H27O4P.